The van der Waals surface area contributed by atoms with Crippen LogP contribution in [0.1, 0.15) is 23.2 Å². The van der Waals surface area contributed by atoms with Crippen LogP contribution in [0, 0.1) is 6.92 Å². The van der Waals surface area contributed by atoms with Gasteiger partial charge in [0.15, 0.2) is 0 Å². The van der Waals surface area contributed by atoms with Gasteiger partial charge in [0.05, 0.1) is 12.7 Å². The van der Waals surface area contributed by atoms with Gasteiger partial charge in [0.1, 0.15) is 0 Å². The summed E-state index contributed by atoms with van der Waals surface area (Å²) in [7, 11) is 0. The number of halogens is 2. The Morgan fingerprint density at radius 1 is 1.41 bits per heavy atom. The van der Waals surface area contributed by atoms with Crippen molar-refractivity contribution in [3.8, 4) is 0 Å². The second kappa shape index (κ2) is 4.53. The van der Waals surface area contributed by atoms with E-state index in [1.54, 1.807) is 22.9 Å². The van der Waals surface area contributed by atoms with Crippen molar-refractivity contribution < 1.29 is 8.78 Å². The Bertz CT molecular complexity index is 501. The zero-order chi connectivity index (χ0) is 12.4. The maximum atomic E-state index is 12.5. The summed E-state index contributed by atoms with van der Waals surface area (Å²) in [4.78, 5) is 3.96. The van der Waals surface area contributed by atoms with Crippen LogP contribution in [0.15, 0.2) is 30.5 Å². The zero-order valence-corrected chi connectivity index (χ0v) is 9.40. The van der Waals surface area contributed by atoms with Crippen molar-refractivity contribution in [3.05, 3.63) is 47.3 Å². The van der Waals surface area contributed by atoms with E-state index in [2.05, 4.69) is 4.98 Å². The van der Waals surface area contributed by atoms with Crippen molar-refractivity contribution in [1.82, 2.24) is 9.55 Å². The third-order valence-electron chi connectivity index (χ3n) is 2.63. The van der Waals surface area contributed by atoms with Crippen molar-refractivity contribution in [1.29, 1.82) is 0 Å². The van der Waals surface area contributed by atoms with Crippen LogP contribution < -0.4 is 5.73 Å². The largest absolute Gasteiger partial charge is 0.369 e. The van der Waals surface area contributed by atoms with Gasteiger partial charge in [0.2, 0.25) is 5.95 Å². The van der Waals surface area contributed by atoms with Crippen LogP contribution in [0.2, 0.25) is 0 Å². The lowest BCUT2D eigenvalue weighted by Crippen LogP contribution is -2.06. The van der Waals surface area contributed by atoms with Crippen LogP contribution in [0.3, 0.4) is 0 Å². The van der Waals surface area contributed by atoms with Gasteiger partial charge in [-0.3, -0.25) is 0 Å². The van der Waals surface area contributed by atoms with Crippen LogP contribution in [0.25, 0.3) is 0 Å². The maximum absolute atomic E-state index is 12.5. The quantitative estimate of drug-likeness (QED) is 0.892. The Labute approximate surface area is 97.9 Å². The van der Waals surface area contributed by atoms with E-state index in [4.69, 9.17) is 5.73 Å². The lowest BCUT2D eigenvalue weighted by Gasteiger charge is -2.09. The van der Waals surface area contributed by atoms with Crippen molar-refractivity contribution in [2.75, 3.05) is 5.73 Å². The minimum absolute atomic E-state index is 0.0267. The molecule has 1 heterocycles. The van der Waals surface area contributed by atoms with Crippen molar-refractivity contribution in [2.24, 2.45) is 0 Å². The molecule has 17 heavy (non-hydrogen) atoms. The normalized spacial score (nSPS) is 11.1. The van der Waals surface area contributed by atoms with Gasteiger partial charge in [-0.05, 0) is 18.6 Å². The van der Waals surface area contributed by atoms with Crippen LogP contribution in [0.4, 0.5) is 14.7 Å². The summed E-state index contributed by atoms with van der Waals surface area (Å²) in [6.45, 7) is 2.33. The van der Waals surface area contributed by atoms with Crippen LogP contribution in [0.5, 0.6) is 0 Å². The van der Waals surface area contributed by atoms with E-state index in [0.29, 0.717) is 12.5 Å². The maximum Gasteiger partial charge on any atom is 0.263 e. The number of nitrogen functional groups attached to an aromatic ring is 1. The molecule has 5 heteroatoms. The molecule has 0 aliphatic rings. The average Bonchev–Trinajstić information content (AvgIpc) is 2.61. The molecule has 90 valence electrons. The van der Waals surface area contributed by atoms with Crippen LogP contribution in [-0.2, 0) is 6.54 Å². The predicted octanol–water partition coefficient (Wildman–Crippen LogP) is 2.76. The summed E-state index contributed by atoms with van der Waals surface area (Å²) in [5.41, 5.74) is 7.41. The van der Waals surface area contributed by atoms with Crippen molar-refractivity contribution in [2.45, 2.75) is 19.9 Å². The smallest absolute Gasteiger partial charge is 0.263 e. The van der Waals surface area contributed by atoms with Gasteiger partial charge >= 0.3 is 0 Å². The summed E-state index contributed by atoms with van der Waals surface area (Å²) in [5, 5.41) is 0. The van der Waals surface area contributed by atoms with E-state index in [1.165, 1.54) is 12.1 Å². The Balaban J connectivity index is 2.27. The first-order chi connectivity index (χ1) is 8.08. The minimum atomic E-state index is -2.45. The number of rotatable bonds is 3. The molecule has 2 aromatic rings. The number of imidazole rings is 1. The summed E-state index contributed by atoms with van der Waals surface area (Å²) in [6, 6.07) is 6.33. The molecule has 0 saturated heterocycles. The minimum Gasteiger partial charge on any atom is -0.369 e. The van der Waals surface area contributed by atoms with E-state index in [1.807, 2.05) is 6.92 Å². The van der Waals surface area contributed by atoms with Gasteiger partial charge in [-0.25, -0.2) is 13.8 Å². The first kappa shape index (κ1) is 11.6. The molecule has 0 radical (unpaired) electrons. The first-order valence-electron chi connectivity index (χ1n) is 5.22. The Hall–Kier alpha value is -1.91. The van der Waals surface area contributed by atoms with E-state index in [-0.39, 0.29) is 5.56 Å². The molecule has 2 rings (SSSR count). The molecular weight excluding hydrogens is 224 g/mol. The zero-order valence-electron chi connectivity index (χ0n) is 9.40. The fourth-order valence-corrected chi connectivity index (χ4v) is 1.70. The van der Waals surface area contributed by atoms with Crippen molar-refractivity contribution >= 4 is 5.95 Å². The van der Waals surface area contributed by atoms with Crippen molar-refractivity contribution in [3.63, 3.8) is 0 Å². The van der Waals surface area contributed by atoms with Gasteiger partial charge in [-0.15, -0.1) is 0 Å². The molecule has 0 aliphatic heterocycles. The number of anilines is 1. The lowest BCUT2D eigenvalue weighted by molar-refractivity contribution is 0.151. The second-order valence-electron chi connectivity index (χ2n) is 3.89. The van der Waals surface area contributed by atoms with Gasteiger partial charge < -0.3 is 10.3 Å². The molecule has 0 spiro atoms. The third kappa shape index (κ3) is 2.43. The molecule has 3 nitrogen and oxygen atoms in total. The van der Waals surface area contributed by atoms with E-state index < -0.39 is 6.43 Å². The summed E-state index contributed by atoms with van der Waals surface area (Å²) < 4.78 is 26.9. The van der Waals surface area contributed by atoms with E-state index in [0.717, 1.165) is 11.3 Å². The number of nitrogens with zero attached hydrogens (tertiary/aromatic N) is 2. The topological polar surface area (TPSA) is 43.8 Å². The average molecular weight is 237 g/mol. The highest BCUT2D eigenvalue weighted by molar-refractivity contribution is 5.28. The number of alkyl halides is 2. The monoisotopic (exact) mass is 237 g/mol. The summed E-state index contributed by atoms with van der Waals surface area (Å²) in [5.74, 6) is 0.393. The van der Waals surface area contributed by atoms with E-state index in [9.17, 15) is 8.78 Å². The molecule has 0 saturated carbocycles. The van der Waals surface area contributed by atoms with E-state index >= 15 is 0 Å². The summed E-state index contributed by atoms with van der Waals surface area (Å²) in [6.07, 6.45) is -0.789. The molecule has 0 atom stereocenters. The molecule has 0 amide bonds. The molecular formula is C12H13F2N3. The molecule has 0 fully saturated rings. The number of aromatic nitrogens is 2. The lowest BCUT2D eigenvalue weighted by atomic mass is 10.1. The van der Waals surface area contributed by atoms with Crippen LogP contribution >= 0.6 is 0 Å². The number of nitrogens with two attached hydrogens (primary N) is 1. The standard InChI is InChI=1S/C12H13F2N3/c1-8-6-16-12(15)17(8)7-9-3-2-4-10(5-9)11(13)14/h2-6,11H,7H2,1H3,(H2,15,16). The Kier molecular flexibility index (Phi) is 3.08. The van der Waals surface area contributed by atoms with Gasteiger partial charge in [-0.1, -0.05) is 18.2 Å². The fraction of sp³-hybridized carbons (Fsp3) is 0.250. The number of benzene rings is 1. The molecule has 0 aliphatic carbocycles. The number of hydrogen-bond acceptors (Lipinski definition) is 2. The highest BCUT2D eigenvalue weighted by Crippen LogP contribution is 2.20. The molecule has 1 aromatic heterocycles. The van der Waals surface area contributed by atoms with Crippen LogP contribution in [-0.4, -0.2) is 9.55 Å². The predicted molar refractivity (Wildman–Crippen MR) is 61.9 cm³/mol. The first-order valence-corrected chi connectivity index (χ1v) is 5.22. The Morgan fingerprint density at radius 2 is 2.18 bits per heavy atom. The second-order valence-corrected chi connectivity index (χ2v) is 3.89. The molecule has 0 bridgehead atoms. The third-order valence-corrected chi connectivity index (χ3v) is 2.63. The molecule has 0 unspecified atom stereocenters. The molecule has 2 N–H and O–H groups in total. The van der Waals surface area contributed by atoms with Gasteiger partial charge in [0, 0.05) is 11.3 Å². The highest BCUT2D eigenvalue weighted by Gasteiger charge is 2.09. The number of hydrogen-bond donors (Lipinski definition) is 1. The number of aryl methyl sites for hydroxylation is 1. The highest BCUT2D eigenvalue weighted by atomic mass is 19.3. The SMILES string of the molecule is Cc1cnc(N)n1Cc1cccc(C(F)F)c1. The van der Waals surface area contributed by atoms with Gasteiger partial charge in [0.25, 0.3) is 6.43 Å². The molecule has 1 aromatic carbocycles. The fourth-order valence-electron chi connectivity index (χ4n) is 1.70. The Morgan fingerprint density at radius 3 is 2.76 bits per heavy atom. The summed E-state index contributed by atoms with van der Waals surface area (Å²) >= 11 is 0. The van der Waals surface area contributed by atoms with Gasteiger partial charge in [-0.2, -0.15) is 0 Å².